The molecule has 2 aliphatic rings. The average Bonchev–Trinajstić information content (AvgIpc) is 3.03. The highest BCUT2D eigenvalue weighted by Crippen LogP contribution is 2.29. The molecule has 2 saturated heterocycles. The quantitative estimate of drug-likeness (QED) is 0.0557. The van der Waals surface area contributed by atoms with Crippen molar-refractivity contribution in [2.75, 3.05) is 19.8 Å². The lowest BCUT2D eigenvalue weighted by Gasteiger charge is -2.46. The Morgan fingerprint density at radius 2 is 1.38 bits per heavy atom. The number of allylic oxidation sites excluding steroid dienone is 1. The van der Waals surface area contributed by atoms with Gasteiger partial charge in [-0.3, -0.25) is 4.79 Å². The zero-order valence-electron chi connectivity index (χ0n) is 26.6. The third kappa shape index (κ3) is 12.7. The maximum atomic E-state index is 12.7. The topological polar surface area (TPSA) is 228 Å². The van der Waals surface area contributed by atoms with Gasteiger partial charge in [-0.25, -0.2) is 0 Å². The molecule has 12 atom stereocenters. The van der Waals surface area contributed by atoms with Crippen molar-refractivity contribution >= 4 is 5.91 Å². The fourth-order valence-corrected chi connectivity index (χ4v) is 5.34. The summed E-state index contributed by atoms with van der Waals surface area (Å²) in [4.78, 5) is 12.7. The molecular formula is C31H57NO13. The van der Waals surface area contributed by atoms with E-state index in [2.05, 4.69) is 19.2 Å². The zero-order chi connectivity index (χ0) is 33.4. The van der Waals surface area contributed by atoms with Crippen molar-refractivity contribution in [1.29, 1.82) is 0 Å². The number of aliphatic hydroxyl groups is 8. The minimum atomic E-state index is -1.78. The van der Waals surface area contributed by atoms with Crippen LogP contribution in [0, 0.1) is 0 Å². The van der Waals surface area contributed by atoms with E-state index in [0.717, 1.165) is 51.4 Å². The van der Waals surface area contributed by atoms with Crippen molar-refractivity contribution in [3.8, 4) is 0 Å². The van der Waals surface area contributed by atoms with E-state index in [1.807, 2.05) is 6.08 Å². The molecule has 0 aromatic heterocycles. The second-order valence-corrected chi connectivity index (χ2v) is 11.9. The Balaban J connectivity index is 2.04. The molecule has 14 heteroatoms. The Hall–Kier alpha value is -1.27. The number of hydrogen-bond acceptors (Lipinski definition) is 13. The van der Waals surface area contributed by atoms with Crippen LogP contribution >= 0.6 is 0 Å². The summed E-state index contributed by atoms with van der Waals surface area (Å²) in [6.45, 7) is 2.51. The summed E-state index contributed by atoms with van der Waals surface area (Å²) >= 11 is 0. The number of carbonyl (C=O) groups excluding carboxylic acids is 1. The lowest BCUT2D eigenvalue weighted by Crippen LogP contribution is -2.65. The van der Waals surface area contributed by atoms with Crippen molar-refractivity contribution in [3.05, 3.63) is 12.2 Å². The first-order valence-corrected chi connectivity index (χ1v) is 16.4. The van der Waals surface area contributed by atoms with E-state index in [-0.39, 0.29) is 18.9 Å². The standard InChI is InChI=1S/C31H57NO13/c1-3-5-7-9-10-11-12-14-20(35)19(32-23(36)15-13-8-6-4-2)18-42-30-28(41)26(39)29(22(17-34)44-30)45-31-27(40)25(38)24(37)21(16-33)43-31/h12,14,19-22,24-31,33-35,37-41H,3-11,13,15-18H2,1-2H3,(H,32,36)/b14-12+. The molecule has 1 amide bonds. The Labute approximate surface area is 266 Å². The van der Waals surface area contributed by atoms with Crippen LogP contribution in [-0.4, -0.2) is 140 Å². The Morgan fingerprint density at radius 1 is 0.778 bits per heavy atom. The molecule has 12 unspecified atom stereocenters. The lowest BCUT2D eigenvalue weighted by atomic mass is 9.97. The number of ether oxygens (including phenoxy) is 4. The Morgan fingerprint density at radius 3 is 2.02 bits per heavy atom. The van der Waals surface area contributed by atoms with E-state index >= 15 is 0 Å². The van der Waals surface area contributed by atoms with Gasteiger partial charge in [0.15, 0.2) is 12.6 Å². The molecule has 0 aromatic carbocycles. The summed E-state index contributed by atoms with van der Waals surface area (Å²) in [6.07, 6.45) is -3.26. The fraction of sp³-hybridized carbons (Fsp3) is 0.903. The third-order valence-electron chi connectivity index (χ3n) is 8.22. The minimum Gasteiger partial charge on any atom is -0.394 e. The van der Waals surface area contributed by atoms with E-state index < -0.39 is 86.8 Å². The van der Waals surface area contributed by atoms with E-state index in [1.165, 1.54) is 6.42 Å². The highest BCUT2D eigenvalue weighted by atomic mass is 16.7. The number of aliphatic hydroxyl groups excluding tert-OH is 8. The van der Waals surface area contributed by atoms with Gasteiger partial charge in [-0.15, -0.1) is 0 Å². The summed E-state index contributed by atoms with van der Waals surface area (Å²) in [5.74, 6) is -0.266. The van der Waals surface area contributed by atoms with Gasteiger partial charge in [-0.05, 0) is 19.3 Å². The normalized spacial score (nSPS) is 33.7. The first kappa shape index (κ1) is 39.9. The van der Waals surface area contributed by atoms with Crippen LogP contribution in [0.2, 0.25) is 0 Å². The van der Waals surface area contributed by atoms with Crippen LogP contribution in [0.5, 0.6) is 0 Å². The van der Waals surface area contributed by atoms with Crippen LogP contribution in [0.3, 0.4) is 0 Å². The van der Waals surface area contributed by atoms with E-state index in [9.17, 15) is 45.6 Å². The first-order chi connectivity index (χ1) is 21.6. The van der Waals surface area contributed by atoms with E-state index in [4.69, 9.17) is 18.9 Å². The van der Waals surface area contributed by atoms with Gasteiger partial charge in [0.25, 0.3) is 0 Å². The van der Waals surface area contributed by atoms with Crippen LogP contribution in [0.15, 0.2) is 12.2 Å². The summed E-state index contributed by atoms with van der Waals surface area (Å²) in [7, 11) is 0. The SMILES string of the molecule is CCCCCCC/C=C/C(O)C(COC1OC(CO)C(OC2OC(CO)C(O)C(O)C2O)C(O)C1O)NC(=O)CCCCCC. The van der Waals surface area contributed by atoms with Crippen molar-refractivity contribution in [2.24, 2.45) is 0 Å². The molecule has 45 heavy (non-hydrogen) atoms. The average molecular weight is 652 g/mol. The predicted molar refractivity (Wildman–Crippen MR) is 162 cm³/mol. The first-order valence-electron chi connectivity index (χ1n) is 16.4. The van der Waals surface area contributed by atoms with Gasteiger partial charge in [-0.1, -0.05) is 70.9 Å². The van der Waals surface area contributed by atoms with Crippen LogP contribution in [-0.2, 0) is 23.7 Å². The highest BCUT2D eigenvalue weighted by molar-refractivity contribution is 5.76. The Kier molecular flexibility index (Phi) is 19.1. The molecule has 2 heterocycles. The van der Waals surface area contributed by atoms with E-state index in [1.54, 1.807) is 6.08 Å². The van der Waals surface area contributed by atoms with Crippen LogP contribution in [0.1, 0.15) is 84.5 Å². The third-order valence-corrected chi connectivity index (χ3v) is 8.22. The summed E-state index contributed by atoms with van der Waals surface area (Å²) in [5, 5.41) is 85.1. The maximum Gasteiger partial charge on any atom is 0.220 e. The minimum absolute atomic E-state index is 0.266. The molecule has 2 aliphatic heterocycles. The molecule has 0 radical (unpaired) electrons. The molecule has 0 aromatic rings. The summed E-state index contributed by atoms with van der Waals surface area (Å²) < 4.78 is 22.3. The number of rotatable bonds is 21. The molecule has 264 valence electrons. The van der Waals surface area contributed by atoms with Gasteiger partial charge in [0.05, 0.1) is 32.0 Å². The van der Waals surface area contributed by atoms with Gasteiger partial charge in [0, 0.05) is 6.42 Å². The molecule has 2 fully saturated rings. The Bertz CT molecular complexity index is 831. The van der Waals surface area contributed by atoms with Crippen molar-refractivity contribution in [1.82, 2.24) is 5.32 Å². The van der Waals surface area contributed by atoms with Crippen molar-refractivity contribution in [2.45, 2.75) is 158 Å². The van der Waals surface area contributed by atoms with Gasteiger partial charge < -0.3 is 65.1 Å². The molecular weight excluding hydrogens is 594 g/mol. The second-order valence-electron chi connectivity index (χ2n) is 11.9. The smallest absolute Gasteiger partial charge is 0.220 e. The molecule has 0 aliphatic carbocycles. The maximum absolute atomic E-state index is 12.7. The van der Waals surface area contributed by atoms with E-state index in [0.29, 0.717) is 6.42 Å². The number of hydrogen-bond donors (Lipinski definition) is 9. The molecule has 0 saturated carbocycles. The second kappa shape index (κ2) is 21.6. The van der Waals surface area contributed by atoms with Crippen LogP contribution in [0.25, 0.3) is 0 Å². The molecule has 9 N–H and O–H groups in total. The number of carbonyl (C=O) groups is 1. The molecule has 0 spiro atoms. The van der Waals surface area contributed by atoms with Gasteiger partial charge in [-0.2, -0.15) is 0 Å². The molecule has 0 bridgehead atoms. The van der Waals surface area contributed by atoms with Crippen LogP contribution in [0.4, 0.5) is 0 Å². The largest absolute Gasteiger partial charge is 0.394 e. The zero-order valence-corrected chi connectivity index (χ0v) is 26.6. The monoisotopic (exact) mass is 651 g/mol. The lowest BCUT2D eigenvalue weighted by molar-refractivity contribution is -0.359. The summed E-state index contributed by atoms with van der Waals surface area (Å²) in [6, 6.07) is -0.899. The van der Waals surface area contributed by atoms with Gasteiger partial charge in [0.1, 0.15) is 48.8 Å². The fourth-order valence-electron chi connectivity index (χ4n) is 5.34. The predicted octanol–water partition coefficient (Wildman–Crippen LogP) is -0.640. The van der Waals surface area contributed by atoms with Crippen LogP contribution < -0.4 is 5.32 Å². The number of nitrogens with one attached hydrogen (secondary N) is 1. The summed E-state index contributed by atoms with van der Waals surface area (Å²) in [5.41, 5.74) is 0. The molecule has 14 nitrogen and oxygen atoms in total. The number of amides is 1. The number of unbranched alkanes of at least 4 members (excludes halogenated alkanes) is 8. The van der Waals surface area contributed by atoms with Crippen molar-refractivity contribution in [3.63, 3.8) is 0 Å². The van der Waals surface area contributed by atoms with Gasteiger partial charge >= 0.3 is 0 Å². The van der Waals surface area contributed by atoms with Gasteiger partial charge in [0.2, 0.25) is 5.91 Å². The molecule has 2 rings (SSSR count). The van der Waals surface area contributed by atoms with Crippen molar-refractivity contribution < 1.29 is 64.6 Å². The highest BCUT2D eigenvalue weighted by Gasteiger charge is 2.50.